The predicted molar refractivity (Wildman–Crippen MR) is 117 cm³/mol. The number of nitrogens with one attached hydrogen (secondary N) is 1. The first-order chi connectivity index (χ1) is 15.0. The Kier molecular flexibility index (Phi) is 6.67. The van der Waals surface area contributed by atoms with Crippen molar-refractivity contribution in [2.75, 3.05) is 25.0 Å². The van der Waals surface area contributed by atoms with E-state index in [1.165, 1.54) is 24.3 Å². The van der Waals surface area contributed by atoms with Crippen molar-refractivity contribution < 1.29 is 13.6 Å². The first kappa shape index (κ1) is 21.1. The van der Waals surface area contributed by atoms with Crippen molar-refractivity contribution in [3.8, 4) is 0 Å². The van der Waals surface area contributed by atoms with E-state index in [1.807, 2.05) is 6.20 Å². The van der Waals surface area contributed by atoms with E-state index in [4.69, 9.17) is 0 Å². The van der Waals surface area contributed by atoms with Crippen molar-refractivity contribution in [3.63, 3.8) is 0 Å². The van der Waals surface area contributed by atoms with Crippen LogP contribution in [-0.2, 0) is 11.2 Å². The SMILES string of the molecule is O=C(CN1CCCC(c2ccc(Cc3ccc(F)cc3)cn2)C1)Nc1ccc(F)cc1. The molecule has 1 aliphatic rings. The molecule has 2 heterocycles. The third-order valence-electron chi connectivity index (χ3n) is 5.59. The second-order valence-electron chi connectivity index (χ2n) is 8.02. The number of hydrogen-bond acceptors (Lipinski definition) is 3. The van der Waals surface area contributed by atoms with Gasteiger partial charge in [-0.2, -0.15) is 0 Å². The molecule has 3 aromatic rings. The lowest BCUT2D eigenvalue weighted by molar-refractivity contribution is -0.117. The van der Waals surface area contributed by atoms with Gasteiger partial charge in [-0.05, 0) is 79.4 Å². The summed E-state index contributed by atoms with van der Waals surface area (Å²) in [7, 11) is 0. The van der Waals surface area contributed by atoms with Gasteiger partial charge in [-0.25, -0.2) is 8.78 Å². The highest BCUT2D eigenvalue weighted by Crippen LogP contribution is 2.26. The van der Waals surface area contributed by atoms with Gasteiger partial charge in [0, 0.05) is 30.0 Å². The summed E-state index contributed by atoms with van der Waals surface area (Å²) in [4.78, 5) is 19.2. The topological polar surface area (TPSA) is 45.2 Å². The van der Waals surface area contributed by atoms with Gasteiger partial charge in [0.1, 0.15) is 11.6 Å². The Hall–Kier alpha value is -3.12. The van der Waals surface area contributed by atoms with Gasteiger partial charge < -0.3 is 5.32 Å². The molecule has 1 unspecified atom stereocenters. The molecule has 0 radical (unpaired) electrons. The Balaban J connectivity index is 1.31. The molecular formula is C25H25F2N3O. The number of piperidine rings is 1. The largest absolute Gasteiger partial charge is 0.325 e. The highest BCUT2D eigenvalue weighted by atomic mass is 19.1. The van der Waals surface area contributed by atoms with Crippen molar-refractivity contribution in [1.82, 2.24) is 9.88 Å². The van der Waals surface area contributed by atoms with E-state index >= 15 is 0 Å². The molecular weight excluding hydrogens is 396 g/mol. The van der Waals surface area contributed by atoms with Crippen LogP contribution in [0.1, 0.15) is 35.6 Å². The average molecular weight is 421 g/mol. The highest BCUT2D eigenvalue weighted by molar-refractivity contribution is 5.92. The number of likely N-dealkylation sites (tertiary alicyclic amines) is 1. The van der Waals surface area contributed by atoms with Crippen LogP contribution in [0.3, 0.4) is 0 Å². The average Bonchev–Trinajstić information content (AvgIpc) is 2.78. The first-order valence-corrected chi connectivity index (χ1v) is 10.5. The van der Waals surface area contributed by atoms with Crippen molar-refractivity contribution in [3.05, 3.63) is 95.3 Å². The van der Waals surface area contributed by atoms with Crippen LogP contribution in [0, 0.1) is 11.6 Å². The smallest absolute Gasteiger partial charge is 0.238 e. The summed E-state index contributed by atoms with van der Waals surface area (Å²) < 4.78 is 26.1. The van der Waals surface area contributed by atoms with E-state index in [-0.39, 0.29) is 23.5 Å². The van der Waals surface area contributed by atoms with Crippen molar-refractivity contribution in [2.24, 2.45) is 0 Å². The molecule has 31 heavy (non-hydrogen) atoms. The third-order valence-corrected chi connectivity index (χ3v) is 5.59. The molecule has 0 bridgehead atoms. The lowest BCUT2D eigenvalue weighted by Gasteiger charge is -2.32. The van der Waals surface area contributed by atoms with Gasteiger partial charge in [-0.15, -0.1) is 0 Å². The fourth-order valence-electron chi connectivity index (χ4n) is 4.00. The number of carbonyl (C=O) groups excluding carboxylic acids is 1. The Labute approximate surface area is 180 Å². The molecule has 0 aliphatic carbocycles. The van der Waals surface area contributed by atoms with Crippen LogP contribution in [0.4, 0.5) is 14.5 Å². The maximum Gasteiger partial charge on any atom is 0.238 e. The van der Waals surface area contributed by atoms with Crippen LogP contribution in [-0.4, -0.2) is 35.4 Å². The Bertz CT molecular complexity index is 1000. The van der Waals surface area contributed by atoms with Crippen LogP contribution in [0.2, 0.25) is 0 Å². The number of halogens is 2. The number of hydrogen-bond donors (Lipinski definition) is 1. The van der Waals surface area contributed by atoms with Gasteiger partial charge in [-0.3, -0.25) is 14.7 Å². The van der Waals surface area contributed by atoms with Crippen LogP contribution in [0.25, 0.3) is 0 Å². The van der Waals surface area contributed by atoms with Gasteiger partial charge in [0.15, 0.2) is 0 Å². The van der Waals surface area contributed by atoms with Gasteiger partial charge in [-0.1, -0.05) is 18.2 Å². The molecule has 1 N–H and O–H groups in total. The number of anilines is 1. The summed E-state index contributed by atoms with van der Waals surface area (Å²) in [5, 5.41) is 2.82. The van der Waals surface area contributed by atoms with Crippen molar-refractivity contribution >= 4 is 11.6 Å². The lowest BCUT2D eigenvalue weighted by Crippen LogP contribution is -2.40. The summed E-state index contributed by atoms with van der Waals surface area (Å²) >= 11 is 0. The minimum atomic E-state index is -0.326. The minimum absolute atomic E-state index is 0.102. The third kappa shape index (κ3) is 5.95. The summed E-state index contributed by atoms with van der Waals surface area (Å²) in [6.07, 6.45) is 4.65. The molecule has 4 rings (SSSR count). The maximum absolute atomic E-state index is 13.1. The lowest BCUT2D eigenvalue weighted by atomic mass is 9.93. The molecule has 1 aliphatic heterocycles. The van der Waals surface area contributed by atoms with E-state index in [1.54, 1.807) is 24.3 Å². The fourth-order valence-corrected chi connectivity index (χ4v) is 4.00. The van der Waals surface area contributed by atoms with Crippen LogP contribution in [0.5, 0.6) is 0 Å². The Morgan fingerprint density at radius 2 is 1.65 bits per heavy atom. The van der Waals surface area contributed by atoms with Crippen LogP contribution >= 0.6 is 0 Å². The molecule has 0 saturated carbocycles. The Morgan fingerprint density at radius 3 is 2.32 bits per heavy atom. The quantitative estimate of drug-likeness (QED) is 0.624. The highest BCUT2D eigenvalue weighted by Gasteiger charge is 2.23. The number of aromatic nitrogens is 1. The van der Waals surface area contributed by atoms with E-state index in [2.05, 4.69) is 27.3 Å². The molecule has 4 nitrogen and oxygen atoms in total. The molecule has 1 amide bonds. The molecule has 160 valence electrons. The molecule has 1 aromatic heterocycles. The molecule has 2 aromatic carbocycles. The number of amides is 1. The summed E-state index contributed by atoms with van der Waals surface area (Å²) in [5.41, 5.74) is 3.76. The molecule has 1 atom stereocenters. The first-order valence-electron chi connectivity index (χ1n) is 10.5. The zero-order chi connectivity index (χ0) is 21.6. The number of carbonyl (C=O) groups is 1. The Morgan fingerprint density at radius 1 is 0.968 bits per heavy atom. The molecule has 1 saturated heterocycles. The van der Waals surface area contributed by atoms with Crippen molar-refractivity contribution in [1.29, 1.82) is 0 Å². The second-order valence-corrected chi connectivity index (χ2v) is 8.02. The van der Waals surface area contributed by atoms with Crippen LogP contribution in [0.15, 0.2) is 66.9 Å². The molecule has 6 heteroatoms. The molecule has 1 fully saturated rings. The predicted octanol–water partition coefficient (Wildman–Crippen LogP) is 4.77. The molecule has 0 spiro atoms. The number of benzene rings is 2. The zero-order valence-corrected chi connectivity index (χ0v) is 17.2. The summed E-state index contributed by atoms with van der Waals surface area (Å²) in [6.45, 7) is 1.95. The van der Waals surface area contributed by atoms with Gasteiger partial charge >= 0.3 is 0 Å². The van der Waals surface area contributed by atoms with Gasteiger partial charge in [0.05, 0.1) is 6.54 Å². The fraction of sp³-hybridized carbons (Fsp3) is 0.280. The summed E-state index contributed by atoms with van der Waals surface area (Å²) in [5.74, 6) is -0.374. The van der Waals surface area contributed by atoms with E-state index < -0.39 is 0 Å². The normalized spacial score (nSPS) is 16.8. The second kappa shape index (κ2) is 9.79. The van der Waals surface area contributed by atoms with Crippen molar-refractivity contribution in [2.45, 2.75) is 25.2 Å². The number of pyridine rings is 1. The zero-order valence-electron chi connectivity index (χ0n) is 17.2. The minimum Gasteiger partial charge on any atom is -0.325 e. The van der Waals surface area contributed by atoms with Crippen LogP contribution < -0.4 is 5.32 Å². The van der Waals surface area contributed by atoms with Gasteiger partial charge in [0.2, 0.25) is 5.91 Å². The number of rotatable bonds is 6. The van der Waals surface area contributed by atoms with E-state index in [0.717, 1.165) is 42.8 Å². The standard InChI is InChI=1S/C25H25F2N3O/c26-21-6-3-18(4-7-21)14-19-5-12-24(28-15-19)20-2-1-13-30(16-20)17-25(31)29-23-10-8-22(27)9-11-23/h3-12,15,20H,1-2,13-14,16-17H2,(H,29,31). The monoisotopic (exact) mass is 421 g/mol. The maximum atomic E-state index is 13.1. The number of nitrogens with zero attached hydrogens (tertiary/aromatic N) is 2. The van der Waals surface area contributed by atoms with E-state index in [9.17, 15) is 13.6 Å². The van der Waals surface area contributed by atoms with E-state index in [0.29, 0.717) is 18.7 Å². The van der Waals surface area contributed by atoms with Gasteiger partial charge in [0.25, 0.3) is 0 Å². The summed E-state index contributed by atoms with van der Waals surface area (Å²) in [6, 6.07) is 16.4.